The molecule has 0 radical (unpaired) electrons. The number of rotatable bonds is 6. The molecule has 0 spiro atoms. The van der Waals surface area contributed by atoms with E-state index in [2.05, 4.69) is 9.88 Å². The molecule has 2 heterocycles. The summed E-state index contributed by atoms with van der Waals surface area (Å²) in [6.07, 6.45) is 1.40. The molecule has 1 aliphatic carbocycles. The van der Waals surface area contributed by atoms with Crippen molar-refractivity contribution in [1.82, 2.24) is 9.88 Å². The number of hydrogen-bond acceptors (Lipinski definition) is 4. The van der Waals surface area contributed by atoms with Crippen molar-refractivity contribution in [2.24, 2.45) is 0 Å². The van der Waals surface area contributed by atoms with Crippen molar-refractivity contribution in [2.75, 3.05) is 19.7 Å². The zero-order valence-corrected chi connectivity index (χ0v) is 16.7. The third-order valence-electron chi connectivity index (χ3n) is 5.70. The van der Waals surface area contributed by atoms with Crippen LogP contribution in [-0.4, -0.2) is 34.7 Å². The zero-order chi connectivity index (χ0) is 21.1. The molecule has 7 heteroatoms. The third kappa shape index (κ3) is 4.61. The highest BCUT2D eigenvalue weighted by Crippen LogP contribution is 2.35. The summed E-state index contributed by atoms with van der Waals surface area (Å²) in [6, 6.07) is 8.17. The zero-order valence-electron chi connectivity index (χ0n) is 16.7. The lowest BCUT2D eigenvalue weighted by molar-refractivity contribution is -0.138. The standard InChI is InChI=1S/C23H25F3N2O2/c24-23(25,26)19-7-3-5-16-11-13-28(15-18(16)19)12-1-2-14-30-21-10-9-17-6-4-8-20(29)22(17)27-21/h3,5-7,9-10,29H,1-2,4,8,11-15H2. The van der Waals surface area contributed by atoms with Gasteiger partial charge in [-0.05, 0) is 60.7 Å². The van der Waals surface area contributed by atoms with Crippen molar-refractivity contribution in [2.45, 2.75) is 44.8 Å². The Labute approximate surface area is 173 Å². The van der Waals surface area contributed by atoms with Crippen molar-refractivity contribution in [3.8, 4) is 5.88 Å². The average molecular weight is 418 g/mol. The van der Waals surface area contributed by atoms with Gasteiger partial charge < -0.3 is 9.84 Å². The summed E-state index contributed by atoms with van der Waals surface area (Å²) < 4.78 is 45.6. The summed E-state index contributed by atoms with van der Waals surface area (Å²) in [4.78, 5) is 6.46. The first-order valence-corrected chi connectivity index (χ1v) is 10.3. The van der Waals surface area contributed by atoms with Crippen LogP contribution in [0.25, 0.3) is 11.8 Å². The van der Waals surface area contributed by atoms with Crippen molar-refractivity contribution in [1.29, 1.82) is 0 Å². The Morgan fingerprint density at radius 1 is 1.10 bits per heavy atom. The normalized spacial score (nSPS) is 16.6. The second-order valence-electron chi connectivity index (χ2n) is 7.80. The van der Waals surface area contributed by atoms with Crippen LogP contribution >= 0.6 is 0 Å². The molecular formula is C23H25F3N2O2. The Bertz CT molecular complexity index is 1030. The van der Waals surface area contributed by atoms with Gasteiger partial charge in [-0.3, -0.25) is 4.90 Å². The minimum Gasteiger partial charge on any atom is -0.510 e. The van der Waals surface area contributed by atoms with Crippen LogP contribution in [0.3, 0.4) is 0 Å². The van der Waals surface area contributed by atoms with Crippen LogP contribution in [-0.2, 0) is 19.1 Å². The van der Waals surface area contributed by atoms with E-state index in [4.69, 9.17) is 4.74 Å². The summed E-state index contributed by atoms with van der Waals surface area (Å²) in [5.41, 5.74) is 0.711. The van der Waals surface area contributed by atoms with Crippen molar-refractivity contribution < 1.29 is 23.0 Å². The van der Waals surface area contributed by atoms with Gasteiger partial charge >= 0.3 is 6.18 Å². The molecule has 4 nitrogen and oxygen atoms in total. The molecule has 0 fully saturated rings. The monoisotopic (exact) mass is 418 g/mol. The van der Waals surface area contributed by atoms with Gasteiger partial charge in [0.05, 0.1) is 12.2 Å². The van der Waals surface area contributed by atoms with Crippen LogP contribution in [0.15, 0.2) is 30.3 Å². The molecule has 2 aromatic rings. The summed E-state index contributed by atoms with van der Waals surface area (Å²) in [6.45, 7) is 2.32. The highest BCUT2D eigenvalue weighted by Gasteiger charge is 2.35. The van der Waals surface area contributed by atoms with Gasteiger partial charge in [0.2, 0.25) is 5.88 Å². The highest BCUT2D eigenvalue weighted by atomic mass is 19.4. The van der Waals surface area contributed by atoms with Crippen LogP contribution in [0.2, 0.25) is 0 Å². The molecule has 0 amide bonds. The van der Waals surface area contributed by atoms with E-state index < -0.39 is 11.7 Å². The Hall–Kier alpha value is -2.54. The van der Waals surface area contributed by atoms with Gasteiger partial charge in [0.25, 0.3) is 0 Å². The van der Waals surface area contributed by atoms with Crippen LogP contribution in [0.5, 0.6) is 5.88 Å². The molecule has 2 aliphatic rings. The second-order valence-corrected chi connectivity index (χ2v) is 7.80. The largest absolute Gasteiger partial charge is 0.510 e. The average Bonchev–Trinajstić information content (AvgIpc) is 2.73. The fourth-order valence-electron chi connectivity index (χ4n) is 4.12. The predicted molar refractivity (Wildman–Crippen MR) is 108 cm³/mol. The van der Waals surface area contributed by atoms with Crippen molar-refractivity contribution in [3.63, 3.8) is 0 Å². The molecule has 0 unspecified atom stereocenters. The van der Waals surface area contributed by atoms with Crippen LogP contribution < -0.4 is 15.3 Å². The number of halogens is 3. The van der Waals surface area contributed by atoms with Gasteiger partial charge in [-0.25, -0.2) is 4.98 Å². The summed E-state index contributed by atoms with van der Waals surface area (Å²) >= 11 is 0. The lowest BCUT2D eigenvalue weighted by atomic mass is 9.94. The van der Waals surface area contributed by atoms with Gasteiger partial charge in [-0.2, -0.15) is 13.2 Å². The number of alkyl halides is 3. The van der Waals surface area contributed by atoms with E-state index in [0.29, 0.717) is 48.5 Å². The first kappa shape index (κ1) is 20.7. The molecule has 4 rings (SSSR count). The van der Waals surface area contributed by atoms with Crippen LogP contribution in [0.1, 0.15) is 42.4 Å². The number of unbranched alkanes of at least 4 members (excludes halogenated alkanes) is 1. The number of pyridine rings is 1. The molecule has 1 aromatic heterocycles. The van der Waals surface area contributed by atoms with Gasteiger partial charge in [0.15, 0.2) is 0 Å². The van der Waals surface area contributed by atoms with E-state index in [9.17, 15) is 18.3 Å². The summed E-state index contributed by atoms with van der Waals surface area (Å²) in [5.74, 6) is 0.777. The lowest BCUT2D eigenvalue weighted by Crippen LogP contribution is -2.33. The molecule has 0 saturated carbocycles. The number of fused-ring (bicyclic) bond motifs is 2. The van der Waals surface area contributed by atoms with Crippen LogP contribution in [0, 0.1) is 0 Å². The Kier molecular flexibility index (Phi) is 5.99. The van der Waals surface area contributed by atoms with Crippen molar-refractivity contribution in [3.05, 3.63) is 57.6 Å². The highest BCUT2D eigenvalue weighted by molar-refractivity contribution is 5.43. The molecular weight excluding hydrogens is 393 g/mol. The van der Waals surface area contributed by atoms with Gasteiger partial charge in [0, 0.05) is 25.6 Å². The number of aliphatic hydroxyl groups is 1. The fraction of sp³-hybridized carbons (Fsp3) is 0.435. The molecule has 0 saturated heterocycles. The Balaban J connectivity index is 1.28. The van der Waals surface area contributed by atoms with E-state index in [-0.39, 0.29) is 0 Å². The third-order valence-corrected chi connectivity index (χ3v) is 5.70. The Morgan fingerprint density at radius 3 is 2.80 bits per heavy atom. The van der Waals surface area contributed by atoms with Gasteiger partial charge in [-0.1, -0.05) is 18.2 Å². The minimum atomic E-state index is -4.31. The number of hydrogen-bond donors (Lipinski definition) is 1. The number of nitrogens with zero attached hydrogens (tertiary/aromatic N) is 2. The first-order chi connectivity index (χ1) is 14.4. The smallest absolute Gasteiger partial charge is 0.416 e. The molecule has 1 aliphatic heterocycles. The lowest BCUT2D eigenvalue weighted by Gasteiger charge is -2.30. The maximum atomic E-state index is 13.3. The fourth-order valence-corrected chi connectivity index (χ4v) is 4.12. The molecule has 0 atom stereocenters. The summed E-state index contributed by atoms with van der Waals surface area (Å²) in [5, 5.41) is 11.5. The van der Waals surface area contributed by atoms with E-state index >= 15 is 0 Å². The first-order valence-electron chi connectivity index (χ1n) is 10.3. The van der Waals surface area contributed by atoms with Gasteiger partial charge in [-0.15, -0.1) is 0 Å². The van der Waals surface area contributed by atoms with E-state index in [1.54, 1.807) is 12.1 Å². The topological polar surface area (TPSA) is 45.6 Å². The van der Waals surface area contributed by atoms with Crippen LogP contribution in [0.4, 0.5) is 13.2 Å². The molecule has 1 N–H and O–H groups in total. The predicted octanol–water partition coefficient (Wildman–Crippen LogP) is 3.56. The second kappa shape index (κ2) is 8.68. The van der Waals surface area contributed by atoms with E-state index in [1.165, 1.54) is 12.1 Å². The number of aromatic nitrogens is 1. The number of benzene rings is 1. The minimum absolute atomic E-state index is 0.293. The Morgan fingerprint density at radius 2 is 1.97 bits per heavy atom. The molecule has 160 valence electrons. The SMILES string of the molecule is OC1=c2nc(OCCCCN3CCc4cccc(C(F)(F)F)c4C3)ccc2=CCC1. The maximum Gasteiger partial charge on any atom is 0.416 e. The number of ether oxygens (including phenoxy) is 1. The molecule has 1 aromatic carbocycles. The van der Waals surface area contributed by atoms with E-state index in [0.717, 1.165) is 43.1 Å². The summed E-state index contributed by atoms with van der Waals surface area (Å²) in [7, 11) is 0. The van der Waals surface area contributed by atoms with E-state index in [1.807, 2.05) is 12.1 Å². The quantitative estimate of drug-likeness (QED) is 0.729. The molecule has 0 bridgehead atoms. The van der Waals surface area contributed by atoms with Crippen molar-refractivity contribution >= 4 is 11.8 Å². The van der Waals surface area contributed by atoms with Gasteiger partial charge in [0.1, 0.15) is 11.1 Å². The number of aliphatic hydroxyl groups excluding tert-OH is 1. The molecule has 30 heavy (non-hydrogen) atoms. The maximum absolute atomic E-state index is 13.3.